The summed E-state index contributed by atoms with van der Waals surface area (Å²) in [6, 6.07) is 13.6. The van der Waals surface area contributed by atoms with Crippen molar-refractivity contribution >= 4 is 38.7 Å². The number of anilines is 1. The highest BCUT2D eigenvalue weighted by atomic mass is 32.2. The number of hydrogen-bond acceptors (Lipinski definition) is 6. The van der Waals surface area contributed by atoms with E-state index in [1.807, 2.05) is 6.92 Å². The Balaban J connectivity index is 1.69. The Labute approximate surface area is 183 Å². The molecule has 0 aliphatic carbocycles. The van der Waals surface area contributed by atoms with E-state index in [4.69, 9.17) is 10.5 Å². The van der Waals surface area contributed by atoms with Gasteiger partial charge in [0.25, 0.3) is 5.91 Å². The fraction of sp³-hybridized carbons (Fsp3) is 0.182. The first kappa shape index (κ1) is 21.1. The largest absolute Gasteiger partial charge is 0.484 e. The van der Waals surface area contributed by atoms with Crippen LogP contribution in [-0.2, 0) is 19.4 Å². The molecule has 3 N–H and O–H groups in total. The molecule has 1 atom stereocenters. The number of ether oxygens (including phenoxy) is 1. The Kier molecular flexibility index (Phi) is 5.55. The Morgan fingerprint density at radius 2 is 1.84 bits per heavy atom. The van der Waals surface area contributed by atoms with Gasteiger partial charge in [0.2, 0.25) is 15.7 Å². The van der Waals surface area contributed by atoms with Crippen molar-refractivity contribution in [1.29, 1.82) is 0 Å². The highest BCUT2D eigenvalue weighted by Gasteiger charge is 2.34. The maximum absolute atomic E-state index is 13.2. The molecule has 3 aromatic rings. The number of sulfone groups is 1. The molecule has 31 heavy (non-hydrogen) atoms. The second kappa shape index (κ2) is 8.16. The van der Waals surface area contributed by atoms with Crippen LogP contribution in [0.3, 0.4) is 0 Å². The maximum Gasteiger partial charge on any atom is 0.255 e. The Morgan fingerprint density at radius 1 is 1.16 bits per heavy atom. The molecule has 0 bridgehead atoms. The van der Waals surface area contributed by atoms with Crippen molar-refractivity contribution in [3.63, 3.8) is 0 Å². The smallest absolute Gasteiger partial charge is 0.255 e. The van der Waals surface area contributed by atoms with Crippen molar-refractivity contribution in [1.82, 2.24) is 0 Å². The lowest BCUT2D eigenvalue weighted by atomic mass is 9.90. The molecule has 2 amide bonds. The molecule has 0 spiro atoms. The van der Waals surface area contributed by atoms with E-state index in [-0.39, 0.29) is 34.6 Å². The van der Waals surface area contributed by atoms with Crippen molar-refractivity contribution in [3.8, 4) is 5.75 Å². The first-order chi connectivity index (χ1) is 14.8. The zero-order valence-corrected chi connectivity index (χ0v) is 18.3. The zero-order chi connectivity index (χ0) is 22.2. The average molecular weight is 457 g/mol. The minimum Gasteiger partial charge on any atom is -0.484 e. The molecule has 160 valence electrons. The van der Waals surface area contributed by atoms with Gasteiger partial charge in [0.15, 0.2) is 6.61 Å². The number of nitrogens with one attached hydrogen (secondary N) is 1. The van der Waals surface area contributed by atoms with Crippen LogP contribution in [0.4, 0.5) is 5.69 Å². The van der Waals surface area contributed by atoms with Crippen LogP contribution >= 0.6 is 11.3 Å². The number of amides is 2. The number of nitrogens with two attached hydrogens (primary N) is 1. The van der Waals surface area contributed by atoms with E-state index < -0.39 is 15.7 Å². The van der Waals surface area contributed by atoms with E-state index in [1.54, 1.807) is 53.9 Å². The third-order valence-corrected chi connectivity index (χ3v) is 8.08. The Morgan fingerprint density at radius 3 is 2.48 bits per heavy atom. The maximum atomic E-state index is 13.2. The van der Waals surface area contributed by atoms with Crippen LogP contribution in [-0.4, -0.2) is 26.8 Å². The Hall–Kier alpha value is -3.17. The number of carbonyl (C=O) groups is 2. The van der Waals surface area contributed by atoms with Gasteiger partial charge in [-0.25, -0.2) is 8.42 Å². The minimum absolute atomic E-state index is 0.107. The highest BCUT2D eigenvalue weighted by Crippen LogP contribution is 2.46. The fourth-order valence-electron chi connectivity index (χ4n) is 3.47. The highest BCUT2D eigenvalue weighted by molar-refractivity contribution is 7.91. The summed E-state index contributed by atoms with van der Waals surface area (Å²) in [5.74, 6) is -0.610. The average Bonchev–Trinajstić information content (AvgIpc) is 3.17. The molecule has 0 fully saturated rings. The van der Waals surface area contributed by atoms with E-state index in [1.165, 1.54) is 11.3 Å². The van der Waals surface area contributed by atoms with Gasteiger partial charge in [0, 0.05) is 22.6 Å². The first-order valence-electron chi connectivity index (χ1n) is 9.50. The molecule has 9 heteroatoms. The summed E-state index contributed by atoms with van der Waals surface area (Å²) >= 11 is 1.31. The molecule has 4 rings (SSSR count). The molecule has 1 unspecified atom stereocenters. The van der Waals surface area contributed by atoms with Crippen molar-refractivity contribution in [2.24, 2.45) is 5.73 Å². The monoisotopic (exact) mass is 456 g/mol. The summed E-state index contributed by atoms with van der Waals surface area (Å²) in [7, 11) is -3.77. The SMILES string of the molecule is Cc1ccc(S(=O)(=O)c2csc3c2NC(=O)CC3c2ccc(OCC(N)=O)cc2)cc1. The fourth-order valence-corrected chi connectivity index (χ4v) is 6.37. The van der Waals surface area contributed by atoms with Crippen molar-refractivity contribution in [3.05, 3.63) is 69.9 Å². The number of fused-ring (bicyclic) bond motifs is 1. The lowest BCUT2D eigenvalue weighted by Crippen LogP contribution is -2.23. The molecule has 1 aliphatic heterocycles. The standard InChI is InChI=1S/C22H20N2O5S2/c1-13-2-8-16(9-3-13)31(27,28)18-12-30-22-17(10-20(26)24-21(18)22)14-4-6-15(7-5-14)29-11-19(23)25/h2-9,12,17H,10-11H2,1H3,(H2,23,25)(H,24,26). The molecule has 1 aliphatic rings. The lowest BCUT2D eigenvalue weighted by Gasteiger charge is -2.24. The number of rotatable bonds is 6. The summed E-state index contributed by atoms with van der Waals surface area (Å²) in [6.07, 6.45) is 0.207. The number of aryl methyl sites for hydroxylation is 1. The lowest BCUT2D eigenvalue weighted by molar-refractivity contribution is -0.120. The van der Waals surface area contributed by atoms with Crippen LogP contribution in [0.5, 0.6) is 5.75 Å². The molecule has 2 aromatic carbocycles. The third-order valence-electron chi connectivity index (χ3n) is 5.04. The van der Waals surface area contributed by atoms with Gasteiger partial charge < -0.3 is 15.8 Å². The normalized spacial score (nSPS) is 15.8. The van der Waals surface area contributed by atoms with E-state index in [9.17, 15) is 18.0 Å². The summed E-state index contributed by atoms with van der Waals surface area (Å²) in [6.45, 7) is 1.67. The van der Waals surface area contributed by atoms with Gasteiger partial charge in [-0.05, 0) is 36.8 Å². The summed E-state index contributed by atoms with van der Waals surface area (Å²) in [5.41, 5.74) is 7.25. The van der Waals surface area contributed by atoms with Gasteiger partial charge in [-0.15, -0.1) is 11.3 Å². The summed E-state index contributed by atoms with van der Waals surface area (Å²) in [4.78, 5) is 24.4. The molecule has 2 heterocycles. The van der Waals surface area contributed by atoms with Gasteiger partial charge in [-0.1, -0.05) is 29.8 Å². The van der Waals surface area contributed by atoms with Gasteiger partial charge in [0.1, 0.15) is 10.6 Å². The first-order valence-corrected chi connectivity index (χ1v) is 11.9. The Bertz CT molecular complexity index is 1250. The number of carbonyl (C=O) groups excluding carboxylic acids is 2. The molecule has 1 aromatic heterocycles. The molecular formula is C22H20N2O5S2. The predicted molar refractivity (Wildman–Crippen MR) is 117 cm³/mol. The summed E-state index contributed by atoms with van der Waals surface area (Å²) in [5, 5.41) is 4.34. The van der Waals surface area contributed by atoms with E-state index in [0.717, 1.165) is 16.0 Å². The molecule has 0 radical (unpaired) electrons. The van der Waals surface area contributed by atoms with Gasteiger partial charge in [-0.3, -0.25) is 9.59 Å². The molecule has 0 saturated heterocycles. The number of primary amides is 1. The van der Waals surface area contributed by atoms with Crippen LogP contribution in [0.1, 0.15) is 28.3 Å². The van der Waals surface area contributed by atoms with Crippen LogP contribution in [0.15, 0.2) is 63.7 Å². The quantitative estimate of drug-likeness (QED) is 0.591. The molecule has 7 nitrogen and oxygen atoms in total. The second-order valence-electron chi connectivity index (χ2n) is 7.28. The topological polar surface area (TPSA) is 116 Å². The van der Waals surface area contributed by atoms with Crippen molar-refractivity contribution < 1.29 is 22.7 Å². The van der Waals surface area contributed by atoms with Crippen LogP contribution in [0.2, 0.25) is 0 Å². The number of hydrogen-bond donors (Lipinski definition) is 2. The van der Waals surface area contributed by atoms with Gasteiger partial charge in [0.05, 0.1) is 10.6 Å². The molecule has 0 saturated carbocycles. The van der Waals surface area contributed by atoms with Gasteiger partial charge in [-0.2, -0.15) is 0 Å². The predicted octanol–water partition coefficient (Wildman–Crippen LogP) is 3.23. The van der Waals surface area contributed by atoms with Crippen LogP contribution in [0, 0.1) is 6.92 Å². The number of thiophene rings is 1. The van der Waals surface area contributed by atoms with E-state index >= 15 is 0 Å². The third kappa shape index (κ3) is 4.19. The molecular weight excluding hydrogens is 436 g/mol. The van der Waals surface area contributed by atoms with E-state index in [0.29, 0.717) is 11.4 Å². The second-order valence-corrected chi connectivity index (χ2v) is 10.1. The van der Waals surface area contributed by atoms with Crippen molar-refractivity contribution in [2.75, 3.05) is 11.9 Å². The van der Waals surface area contributed by atoms with Gasteiger partial charge >= 0.3 is 0 Å². The van der Waals surface area contributed by atoms with E-state index in [2.05, 4.69) is 5.32 Å². The zero-order valence-electron chi connectivity index (χ0n) is 16.6. The van der Waals surface area contributed by atoms with Crippen LogP contribution < -0.4 is 15.8 Å². The van der Waals surface area contributed by atoms with Crippen LogP contribution in [0.25, 0.3) is 0 Å². The number of benzene rings is 2. The summed E-state index contributed by atoms with van der Waals surface area (Å²) < 4.78 is 31.7. The van der Waals surface area contributed by atoms with Crippen molar-refractivity contribution in [2.45, 2.75) is 29.1 Å². The minimum atomic E-state index is -3.77.